The number of halogens is 1. The number of imidazole rings is 1. The maximum Gasteiger partial charge on any atom is 0.472 e. The zero-order valence-corrected chi connectivity index (χ0v) is 23.8. The van der Waals surface area contributed by atoms with E-state index < -0.39 is 89.8 Å². The monoisotopic (exact) mass is 660 g/mol. The van der Waals surface area contributed by atoms with Crippen molar-refractivity contribution in [3.63, 3.8) is 0 Å². The lowest BCUT2D eigenvalue weighted by Crippen LogP contribution is -2.53. The molecule has 3 fully saturated rings. The highest BCUT2D eigenvalue weighted by molar-refractivity contribution is 7.47. The van der Waals surface area contributed by atoms with Crippen LogP contribution in [0.25, 0.3) is 11.2 Å². The van der Waals surface area contributed by atoms with Crippen molar-refractivity contribution >= 4 is 56.7 Å². The van der Waals surface area contributed by atoms with Gasteiger partial charge in [-0.1, -0.05) is 0 Å². The largest absolute Gasteiger partial charge is 0.472 e. The van der Waals surface area contributed by atoms with Gasteiger partial charge in [0.25, 0.3) is 5.91 Å². The Balaban J connectivity index is 1.16. The third kappa shape index (κ3) is 5.21. The van der Waals surface area contributed by atoms with E-state index in [9.17, 15) is 23.7 Å². The number of amidine groups is 1. The Morgan fingerprint density at radius 3 is 2.61 bits per heavy atom. The number of rotatable bonds is 2. The van der Waals surface area contributed by atoms with Crippen LogP contribution in [0.1, 0.15) is 12.6 Å². The molecule has 1 amide bonds. The van der Waals surface area contributed by atoms with E-state index in [1.54, 1.807) is 0 Å². The Morgan fingerprint density at radius 2 is 1.82 bits per heavy atom. The highest BCUT2D eigenvalue weighted by atomic mass is 31.2. The van der Waals surface area contributed by atoms with Crippen LogP contribution in [-0.2, 0) is 41.5 Å². The summed E-state index contributed by atoms with van der Waals surface area (Å²) in [6.07, 6.45) is -7.15. The maximum atomic E-state index is 15.7. The number of phosphoric ester groups is 2. The van der Waals surface area contributed by atoms with E-state index in [1.165, 1.54) is 17.2 Å². The fourth-order valence-corrected chi connectivity index (χ4v) is 7.22. The van der Waals surface area contributed by atoms with E-state index in [0.717, 1.165) is 11.2 Å². The molecule has 10 atom stereocenters. The van der Waals surface area contributed by atoms with Crippen LogP contribution in [0.5, 0.6) is 0 Å². The molecule has 7 heterocycles. The molecule has 0 aromatic carbocycles. The third-order valence-electron chi connectivity index (χ3n) is 7.31. The topological polar surface area (TPSA) is 281 Å². The van der Waals surface area contributed by atoms with Crippen molar-refractivity contribution in [3.05, 3.63) is 12.7 Å². The SMILES string of the molecule is N=C1N=C2C(N=CN2[C@@H]2O[C@@H]3COP(=O)(O)OC4C[C@H](n5cnc6c(N)ncnc65)O[C@@H]4COP(=O)(O)O[C@H]2C3F)C(=O)N1. The summed E-state index contributed by atoms with van der Waals surface area (Å²) < 4.78 is 75.6. The molecule has 6 N–H and O–H groups in total. The maximum absolute atomic E-state index is 15.7. The van der Waals surface area contributed by atoms with Gasteiger partial charge in [0, 0.05) is 6.42 Å². The number of nitrogens with zero attached hydrogens (tertiary/aromatic N) is 7. The second-order valence-corrected chi connectivity index (χ2v) is 12.9. The Labute approximate surface area is 244 Å². The molecule has 2 aromatic rings. The van der Waals surface area contributed by atoms with Crippen LogP contribution in [0, 0.1) is 5.41 Å². The van der Waals surface area contributed by atoms with Gasteiger partial charge in [0.05, 0.1) is 25.9 Å². The lowest BCUT2D eigenvalue weighted by atomic mass is 10.1. The van der Waals surface area contributed by atoms with Crippen LogP contribution in [0.2, 0.25) is 0 Å². The van der Waals surface area contributed by atoms with Gasteiger partial charge in [-0.25, -0.2) is 28.5 Å². The zero-order chi connectivity index (χ0) is 31.0. The van der Waals surface area contributed by atoms with Crippen molar-refractivity contribution in [2.75, 3.05) is 18.9 Å². The van der Waals surface area contributed by atoms with Gasteiger partial charge in [-0.05, 0) is 0 Å². The minimum atomic E-state index is -5.10. The lowest BCUT2D eigenvalue weighted by Gasteiger charge is -2.30. The molecule has 3 saturated heterocycles. The van der Waals surface area contributed by atoms with Crippen molar-refractivity contribution in [1.29, 1.82) is 5.41 Å². The van der Waals surface area contributed by atoms with Gasteiger partial charge >= 0.3 is 15.6 Å². The number of alkyl halides is 1. The lowest BCUT2D eigenvalue weighted by molar-refractivity contribution is -0.119. The molecule has 236 valence electrons. The number of carbonyl (C=O) groups is 1. The summed E-state index contributed by atoms with van der Waals surface area (Å²) in [6, 6.07) is -1.20. The van der Waals surface area contributed by atoms with Gasteiger partial charge in [0.15, 0.2) is 35.7 Å². The normalized spacial score (nSPS) is 41.0. The second kappa shape index (κ2) is 10.7. The van der Waals surface area contributed by atoms with Crippen LogP contribution in [0.15, 0.2) is 22.6 Å². The Kier molecular flexibility index (Phi) is 7.12. The number of nitrogen functional groups attached to an aromatic ring is 1. The first kappa shape index (κ1) is 29.4. The number of fused-ring (bicyclic) bond motifs is 5. The number of ether oxygens (including phenoxy) is 2. The molecule has 24 heteroatoms. The van der Waals surface area contributed by atoms with Crippen molar-refractivity contribution in [1.82, 2.24) is 29.7 Å². The van der Waals surface area contributed by atoms with Crippen molar-refractivity contribution in [2.45, 2.75) is 55.5 Å². The summed E-state index contributed by atoms with van der Waals surface area (Å²) in [4.78, 5) is 54.5. The quantitative estimate of drug-likeness (QED) is 0.240. The first-order chi connectivity index (χ1) is 20.9. The number of nitrogens with one attached hydrogen (secondary N) is 2. The first-order valence-corrected chi connectivity index (χ1v) is 15.9. The number of guanidine groups is 1. The smallest absolute Gasteiger partial charge is 0.382 e. The number of carbonyl (C=O) groups excluding carboxylic acids is 1. The molecule has 2 bridgehead atoms. The van der Waals surface area contributed by atoms with Gasteiger partial charge in [-0.3, -0.25) is 48.1 Å². The Hall–Kier alpha value is -3.30. The van der Waals surface area contributed by atoms with Crippen molar-refractivity contribution in [3.8, 4) is 0 Å². The number of nitrogens with two attached hydrogens (primary N) is 1. The fourth-order valence-electron chi connectivity index (χ4n) is 5.33. The molecule has 21 nitrogen and oxygen atoms in total. The minimum absolute atomic E-state index is 0.0928. The summed E-state index contributed by atoms with van der Waals surface area (Å²) >= 11 is 0. The number of phosphoric acid groups is 2. The van der Waals surface area contributed by atoms with Crippen LogP contribution >= 0.6 is 15.6 Å². The van der Waals surface area contributed by atoms with Gasteiger partial charge in [-0.2, -0.15) is 4.99 Å². The Morgan fingerprint density at radius 1 is 1.07 bits per heavy atom. The number of anilines is 1. The summed E-state index contributed by atoms with van der Waals surface area (Å²) in [5.41, 5.74) is 6.41. The van der Waals surface area contributed by atoms with Crippen molar-refractivity contribution < 1.29 is 55.7 Å². The number of aromatic nitrogens is 4. The molecular formula is C20H23FN10O11P2. The average molecular weight is 660 g/mol. The highest BCUT2D eigenvalue weighted by Crippen LogP contribution is 2.53. The van der Waals surface area contributed by atoms with Crippen LogP contribution in [0.4, 0.5) is 10.2 Å². The predicted molar refractivity (Wildman–Crippen MR) is 141 cm³/mol. The van der Waals surface area contributed by atoms with Gasteiger partial charge in [-0.15, -0.1) is 0 Å². The summed E-state index contributed by atoms with van der Waals surface area (Å²) in [6.45, 7) is -1.57. The molecule has 5 aliphatic heterocycles. The van der Waals surface area contributed by atoms with Gasteiger partial charge in [0.1, 0.15) is 42.5 Å². The van der Waals surface area contributed by atoms with E-state index >= 15 is 4.39 Å². The number of amides is 1. The number of hydrogen-bond donors (Lipinski definition) is 5. The van der Waals surface area contributed by atoms with Crippen LogP contribution in [0.3, 0.4) is 0 Å². The standard InChI is InChI=1S/C20H23FN10O11P2/c21-11-9-3-38-43(33,34)41-7-1-10(30-5-26-12-15(22)24-4-25-16(12)30)39-8(7)2-37-44(35,36)42-14(11)19(40-9)31-6-27-13-17(31)28-20(23)29-18(13)32/h4-11,13-14,19H,1-3H2,(H,33,34)(H,35,36)(H2,22,24,25)(H2,23,29,32)/t7?,8-,9-,10-,11?,13?,14+,19-/m1/s1. The summed E-state index contributed by atoms with van der Waals surface area (Å²) in [5.74, 6) is -1.24. The van der Waals surface area contributed by atoms with Gasteiger partial charge < -0.3 is 25.0 Å². The molecular weight excluding hydrogens is 637 g/mol. The fraction of sp³-hybridized carbons (Fsp3) is 0.550. The Bertz CT molecular complexity index is 1690. The van der Waals surface area contributed by atoms with E-state index in [4.69, 9.17) is 38.7 Å². The van der Waals surface area contributed by atoms with E-state index in [2.05, 4.69) is 30.3 Å². The molecule has 0 radical (unpaired) electrons. The molecule has 7 rings (SSSR count). The third-order valence-corrected chi connectivity index (χ3v) is 9.31. The zero-order valence-electron chi connectivity index (χ0n) is 22.0. The van der Waals surface area contributed by atoms with E-state index in [-0.39, 0.29) is 29.2 Å². The van der Waals surface area contributed by atoms with Crippen molar-refractivity contribution in [2.24, 2.45) is 9.98 Å². The minimum Gasteiger partial charge on any atom is -0.382 e. The summed E-state index contributed by atoms with van der Waals surface area (Å²) in [5, 5.41) is 9.90. The average Bonchev–Trinajstić information content (AvgIpc) is 3.72. The molecule has 0 aliphatic carbocycles. The van der Waals surface area contributed by atoms with Gasteiger partial charge in [0.2, 0.25) is 5.96 Å². The second-order valence-electron chi connectivity index (χ2n) is 10.1. The molecule has 0 saturated carbocycles. The first-order valence-electron chi connectivity index (χ1n) is 12.9. The molecule has 2 aromatic heterocycles. The molecule has 0 spiro atoms. The summed E-state index contributed by atoms with van der Waals surface area (Å²) in [7, 11) is -10.0. The van der Waals surface area contributed by atoms with Crippen LogP contribution in [-0.4, -0.2) is 114 Å². The highest BCUT2D eigenvalue weighted by Gasteiger charge is 2.55. The number of hydrogen-bond acceptors (Lipinski definition) is 16. The molecule has 5 unspecified atom stereocenters. The predicted octanol–water partition coefficient (Wildman–Crippen LogP) is -1.05. The van der Waals surface area contributed by atoms with E-state index in [1.807, 2.05) is 0 Å². The van der Waals surface area contributed by atoms with Crippen LogP contribution < -0.4 is 11.1 Å². The number of aliphatic imine (C=N–C) groups is 2. The molecule has 44 heavy (non-hydrogen) atoms. The van der Waals surface area contributed by atoms with E-state index in [0.29, 0.717) is 0 Å². The molecule has 5 aliphatic rings.